The van der Waals surface area contributed by atoms with Crippen LogP contribution in [0.5, 0.6) is 0 Å². The SMILES string of the molecule is COC(=O)C1=C(C(=O)OC)OC2(N1)c1ccccc1-c1ccccc12. The lowest BCUT2D eigenvalue weighted by Crippen LogP contribution is -2.40. The summed E-state index contributed by atoms with van der Waals surface area (Å²) >= 11 is 0. The van der Waals surface area contributed by atoms with E-state index in [1.165, 1.54) is 14.2 Å². The molecule has 0 saturated heterocycles. The van der Waals surface area contributed by atoms with E-state index < -0.39 is 17.7 Å². The molecule has 0 saturated carbocycles. The summed E-state index contributed by atoms with van der Waals surface area (Å²) in [6.07, 6.45) is 0. The van der Waals surface area contributed by atoms with Crippen LogP contribution in [0, 0.1) is 0 Å². The van der Waals surface area contributed by atoms with E-state index in [4.69, 9.17) is 14.2 Å². The maximum absolute atomic E-state index is 12.2. The van der Waals surface area contributed by atoms with E-state index in [2.05, 4.69) is 5.32 Å². The summed E-state index contributed by atoms with van der Waals surface area (Å²) in [5.41, 5.74) is 2.36. The van der Waals surface area contributed by atoms with Crippen LogP contribution in [0.25, 0.3) is 11.1 Å². The number of benzene rings is 2. The van der Waals surface area contributed by atoms with Gasteiger partial charge >= 0.3 is 11.9 Å². The largest absolute Gasteiger partial charge is 0.464 e. The van der Waals surface area contributed by atoms with Crippen LogP contribution in [0.3, 0.4) is 0 Å². The highest BCUT2D eigenvalue weighted by molar-refractivity contribution is 6.00. The first-order chi connectivity index (χ1) is 12.1. The number of hydrogen-bond donors (Lipinski definition) is 1. The van der Waals surface area contributed by atoms with Crippen LogP contribution in [-0.2, 0) is 29.5 Å². The summed E-state index contributed by atoms with van der Waals surface area (Å²) < 4.78 is 15.6. The molecule has 0 aromatic heterocycles. The van der Waals surface area contributed by atoms with Gasteiger partial charge in [0.25, 0.3) is 0 Å². The maximum atomic E-state index is 12.2. The minimum atomic E-state index is -1.17. The lowest BCUT2D eigenvalue weighted by Gasteiger charge is -2.27. The van der Waals surface area contributed by atoms with Crippen LogP contribution in [0.4, 0.5) is 0 Å². The van der Waals surface area contributed by atoms with Crippen molar-refractivity contribution in [2.45, 2.75) is 5.72 Å². The number of ether oxygens (including phenoxy) is 3. The van der Waals surface area contributed by atoms with Crippen molar-refractivity contribution in [2.24, 2.45) is 0 Å². The average Bonchev–Trinajstić information content (AvgIpc) is 3.20. The zero-order valence-corrected chi connectivity index (χ0v) is 13.7. The summed E-state index contributed by atoms with van der Waals surface area (Å²) in [7, 11) is 2.47. The molecule has 2 aromatic rings. The van der Waals surface area contributed by atoms with E-state index in [9.17, 15) is 9.59 Å². The lowest BCUT2D eigenvalue weighted by molar-refractivity contribution is -0.143. The Kier molecular flexibility index (Phi) is 3.28. The van der Waals surface area contributed by atoms with E-state index in [0.29, 0.717) is 0 Å². The molecule has 2 aromatic carbocycles. The first kappa shape index (κ1) is 15.3. The van der Waals surface area contributed by atoms with Gasteiger partial charge in [-0.3, -0.25) is 0 Å². The Labute approximate surface area is 144 Å². The highest BCUT2D eigenvalue weighted by Crippen LogP contribution is 2.51. The molecule has 6 heteroatoms. The van der Waals surface area contributed by atoms with Crippen molar-refractivity contribution < 1.29 is 23.8 Å². The fourth-order valence-electron chi connectivity index (χ4n) is 3.38. The van der Waals surface area contributed by atoms with E-state index in [-0.39, 0.29) is 11.5 Å². The summed E-state index contributed by atoms with van der Waals surface area (Å²) in [4.78, 5) is 24.3. The Hall–Kier alpha value is -3.28. The van der Waals surface area contributed by atoms with Gasteiger partial charge < -0.3 is 19.5 Å². The smallest absolute Gasteiger partial charge is 0.375 e. The van der Waals surface area contributed by atoms with Crippen molar-refractivity contribution in [3.8, 4) is 11.1 Å². The number of esters is 2. The zero-order chi connectivity index (χ0) is 17.6. The molecule has 1 N–H and O–H groups in total. The van der Waals surface area contributed by atoms with Gasteiger partial charge in [-0.2, -0.15) is 0 Å². The van der Waals surface area contributed by atoms with E-state index in [1.807, 2.05) is 48.5 Å². The topological polar surface area (TPSA) is 73.9 Å². The molecule has 0 atom stereocenters. The zero-order valence-electron chi connectivity index (χ0n) is 13.7. The molecular formula is C19H15NO5. The molecule has 0 fully saturated rings. The Morgan fingerprint density at radius 1 is 0.880 bits per heavy atom. The molecule has 1 heterocycles. The Morgan fingerprint density at radius 2 is 1.40 bits per heavy atom. The average molecular weight is 337 g/mol. The number of carbonyl (C=O) groups is 2. The minimum absolute atomic E-state index is 0.0548. The molecule has 0 amide bonds. The van der Waals surface area contributed by atoms with E-state index in [1.54, 1.807) is 0 Å². The molecule has 1 aliphatic heterocycles. The second-order valence-electron chi connectivity index (χ2n) is 5.69. The fraction of sp³-hybridized carbons (Fsp3) is 0.158. The monoisotopic (exact) mass is 337 g/mol. The predicted molar refractivity (Wildman–Crippen MR) is 87.9 cm³/mol. The summed E-state index contributed by atoms with van der Waals surface area (Å²) in [5.74, 6) is -1.63. The normalized spacial score (nSPS) is 15.9. The molecule has 0 radical (unpaired) electrons. The molecule has 4 rings (SSSR count). The molecule has 126 valence electrons. The van der Waals surface area contributed by atoms with Gasteiger partial charge in [0.1, 0.15) is 0 Å². The molecule has 0 bridgehead atoms. The van der Waals surface area contributed by atoms with E-state index in [0.717, 1.165) is 22.3 Å². The van der Waals surface area contributed by atoms with Gasteiger partial charge in [0.15, 0.2) is 5.70 Å². The Balaban J connectivity index is 1.92. The van der Waals surface area contributed by atoms with Crippen molar-refractivity contribution in [2.75, 3.05) is 14.2 Å². The summed E-state index contributed by atoms with van der Waals surface area (Å²) in [6.45, 7) is 0. The fourth-order valence-corrected chi connectivity index (χ4v) is 3.38. The quantitative estimate of drug-likeness (QED) is 0.846. The molecule has 1 spiro atoms. The molecule has 6 nitrogen and oxygen atoms in total. The number of nitrogens with one attached hydrogen (secondary N) is 1. The second-order valence-corrected chi connectivity index (χ2v) is 5.69. The third-order valence-corrected chi connectivity index (χ3v) is 4.45. The number of carbonyl (C=O) groups excluding carboxylic acids is 2. The summed E-state index contributed by atoms with van der Waals surface area (Å²) in [6, 6.07) is 15.4. The first-order valence-corrected chi connectivity index (χ1v) is 7.70. The number of fused-ring (bicyclic) bond motifs is 5. The standard InChI is InChI=1S/C19H15NO5/c1-23-17(21)15-16(18(22)24-2)25-19(20-15)13-9-5-3-7-11(13)12-8-4-6-10-14(12)19/h3-10,20H,1-2H3. The van der Waals surface area contributed by atoms with Crippen LogP contribution in [0.1, 0.15) is 11.1 Å². The van der Waals surface area contributed by atoms with Crippen molar-refractivity contribution in [3.05, 3.63) is 71.1 Å². The van der Waals surface area contributed by atoms with Crippen molar-refractivity contribution in [1.29, 1.82) is 0 Å². The predicted octanol–water partition coefficient (Wildman–Crippen LogP) is 2.05. The highest BCUT2D eigenvalue weighted by Gasteiger charge is 2.53. The third kappa shape index (κ3) is 1.97. The van der Waals surface area contributed by atoms with Gasteiger partial charge in [-0.15, -0.1) is 0 Å². The number of hydrogen-bond acceptors (Lipinski definition) is 6. The van der Waals surface area contributed by atoms with Gasteiger partial charge in [0.2, 0.25) is 11.5 Å². The van der Waals surface area contributed by atoms with Crippen molar-refractivity contribution >= 4 is 11.9 Å². The van der Waals surface area contributed by atoms with Crippen LogP contribution >= 0.6 is 0 Å². The van der Waals surface area contributed by atoms with Gasteiger partial charge in [-0.1, -0.05) is 48.5 Å². The molecule has 25 heavy (non-hydrogen) atoms. The maximum Gasteiger partial charge on any atom is 0.375 e. The number of methoxy groups -OCH3 is 2. The Morgan fingerprint density at radius 3 is 1.92 bits per heavy atom. The van der Waals surface area contributed by atoms with Gasteiger partial charge in [0.05, 0.1) is 14.2 Å². The second kappa shape index (κ2) is 5.37. The Bertz CT molecular complexity index is 855. The van der Waals surface area contributed by atoms with E-state index >= 15 is 0 Å². The first-order valence-electron chi connectivity index (χ1n) is 7.70. The molecule has 2 aliphatic rings. The lowest BCUT2D eigenvalue weighted by atomic mass is 10.0. The molecular weight excluding hydrogens is 322 g/mol. The van der Waals surface area contributed by atoms with Crippen molar-refractivity contribution in [3.63, 3.8) is 0 Å². The van der Waals surface area contributed by atoms with Crippen LogP contribution in [-0.4, -0.2) is 26.2 Å². The molecule has 0 unspecified atom stereocenters. The molecule has 1 aliphatic carbocycles. The highest BCUT2D eigenvalue weighted by atomic mass is 16.6. The summed E-state index contributed by atoms with van der Waals surface area (Å²) in [5, 5.41) is 3.08. The van der Waals surface area contributed by atoms with Crippen LogP contribution in [0.2, 0.25) is 0 Å². The van der Waals surface area contributed by atoms with Gasteiger partial charge in [-0.25, -0.2) is 9.59 Å². The van der Waals surface area contributed by atoms with Gasteiger partial charge in [0, 0.05) is 11.1 Å². The van der Waals surface area contributed by atoms with Crippen LogP contribution in [0.15, 0.2) is 60.0 Å². The van der Waals surface area contributed by atoms with Gasteiger partial charge in [-0.05, 0) is 11.1 Å². The third-order valence-electron chi connectivity index (χ3n) is 4.45. The number of rotatable bonds is 2. The van der Waals surface area contributed by atoms with Crippen LogP contribution < -0.4 is 5.32 Å². The van der Waals surface area contributed by atoms with Crippen molar-refractivity contribution in [1.82, 2.24) is 5.32 Å². The minimum Gasteiger partial charge on any atom is -0.464 e.